The van der Waals surface area contributed by atoms with Crippen LogP contribution in [0.25, 0.3) is 0 Å². The molecule has 18 heavy (non-hydrogen) atoms. The largest absolute Gasteiger partial charge is 0.398 e. The molecule has 1 saturated heterocycles. The van der Waals surface area contributed by atoms with E-state index in [9.17, 15) is 0 Å². The Hall–Kier alpha value is -1.06. The van der Waals surface area contributed by atoms with Crippen molar-refractivity contribution < 1.29 is 0 Å². The second-order valence-corrected chi connectivity index (χ2v) is 5.79. The first-order chi connectivity index (χ1) is 8.72. The standard InChI is InChI=1S/C15H23N3/c1-11-2-5-15(16)12(8-11)9-17-13-6-7-18(10-13)14-3-4-14/h2,5,8,13-14,17H,3-4,6-7,9-10,16H2,1H3. The van der Waals surface area contributed by atoms with Crippen LogP contribution in [-0.2, 0) is 6.54 Å². The van der Waals surface area contributed by atoms with E-state index < -0.39 is 0 Å². The summed E-state index contributed by atoms with van der Waals surface area (Å²) in [5, 5.41) is 3.66. The molecule has 0 bridgehead atoms. The summed E-state index contributed by atoms with van der Waals surface area (Å²) in [6, 6.07) is 7.82. The lowest BCUT2D eigenvalue weighted by molar-refractivity contribution is 0.317. The first kappa shape index (κ1) is 12.0. The molecule has 1 aromatic rings. The van der Waals surface area contributed by atoms with E-state index in [2.05, 4.69) is 29.3 Å². The number of likely N-dealkylation sites (tertiary alicyclic amines) is 1. The highest BCUT2D eigenvalue weighted by atomic mass is 15.2. The smallest absolute Gasteiger partial charge is 0.0359 e. The van der Waals surface area contributed by atoms with Crippen LogP contribution in [0.2, 0.25) is 0 Å². The number of nitrogens with zero attached hydrogens (tertiary/aromatic N) is 1. The van der Waals surface area contributed by atoms with Crippen molar-refractivity contribution in [3.8, 4) is 0 Å². The van der Waals surface area contributed by atoms with Gasteiger partial charge < -0.3 is 11.1 Å². The normalized spacial score (nSPS) is 24.6. The van der Waals surface area contributed by atoms with Crippen LogP contribution in [0.3, 0.4) is 0 Å². The van der Waals surface area contributed by atoms with E-state index in [4.69, 9.17) is 5.73 Å². The number of benzene rings is 1. The average molecular weight is 245 g/mol. The number of nitrogens with one attached hydrogen (secondary N) is 1. The molecule has 1 saturated carbocycles. The van der Waals surface area contributed by atoms with E-state index in [1.54, 1.807) is 0 Å². The van der Waals surface area contributed by atoms with Crippen LogP contribution >= 0.6 is 0 Å². The summed E-state index contributed by atoms with van der Waals surface area (Å²) in [6.45, 7) is 5.51. The minimum absolute atomic E-state index is 0.644. The van der Waals surface area contributed by atoms with Gasteiger partial charge in [0.25, 0.3) is 0 Å². The number of aryl methyl sites for hydroxylation is 1. The van der Waals surface area contributed by atoms with Crippen LogP contribution in [0.15, 0.2) is 18.2 Å². The SMILES string of the molecule is Cc1ccc(N)c(CNC2CCN(C3CC3)C2)c1. The third-order valence-electron chi connectivity index (χ3n) is 4.16. The molecule has 2 aliphatic rings. The minimum Gasteiger partial charge on any atom is -0.398 e. The van der Waals surface area contributed by atoms with Crippen molar-refractivity contribution >= 4 is 5.69 Å². The van der Waals surface area contributed by atoms with Crippen LogP contribution in [0.5, 0.6) is 0 Å². The number of rotatable bonds is 4. The van der Waals surface area contributed by atoms with Crippen molar-refractivity contribution in [2.45, 2.75) is 44.8 Å². The maximum absolute atomic E-state index is 6.01. The highest BCUT2D eigenvalue weighted by Crippen LogP contribution is 2.29. The fourth-order valence-electron chi connectivity index (χ4n) is 2.87. The Balaban J connectivity index is 1.53. The molecule has 1 heterocycles. The van der Waals surface area contributed by atoms with E-state index in [1.165, 1.54) is 43.5 Å². The summed E-state index contributed by atoms with van der Waals surface area (Å²) in [5.74, 6) is 0. The van der Waals surface area contributed by atoms with E-state index in [-0.39, 0.29) is 0 Å². The predicted octanol–water partition coefficient (Wildman–Crippen LogP) is 1.90. The highest BCUT2D eigenvalue weighted by molar-refractivity contribution is 5.48. The average Bonchev–Trinajstić information content (AvgIpc) is 3.10. The van der Waals surface area contributed by atoms with Gasteiger partial charge >= 0.3 is 0 Å². The molecule has 2 fully saturated rings. The van der Waals surface area contributed by atoms with Crippen LogP contribution in [0, 0.1) is 6.92 Å². The number of hydrogen-bond acceptors (Lipinski definition) is 3. The number of anilines is 1. The maximum Gasteiger partial charge on any atom is 0.0359 e. The molecule has 1 atom stereocenters. The Morgan fingerprint density at radius 2 is 2.17 bits per heavy atom. The third kappa shape index (κ3) is 2.68. The molecule has 1 aromatic carbocycles. The molecular formula is C15H23N3. The van der Waals surface area contributed by atoms with Crippen LogP contribution in [0.1, 0.15) is 30.4 Å². The molecular weight excluding hydrogens is 222 g/mol. The van der Waals surface area contributed by atoms with Gasteiger partial charge in [-0.15, -0.1) is 0 Å². The van der Waals surface area contributed by atoms with Gasteiger partial charge in [-0.1, -0.05) is 17.7 Å². The van der Waals surface area contributed by atoms with E-state index in [0.29, 0.717) is 6.04 Å². The van der Waals surface area contributed by atoms with Crippen LogP contribution in [0.4, 0.5) is 5.69 Å². The monoisotopic (exact) mass is 245 g/mol. The van der Waals surface area contributed by atoms with Crippen LogP contribution < -0.4 is 11.1 Å². The Morgan fingerprint density at radius 1 is 1.33 bits per heavy atom. The Kier molecular flexibility index (Phi) is 3.27. The number of nitrogens with two attached hydrogens (primary N) is 1. The van der Waals surface area contributed by atoms with Gasteiger partial charge in [0.2, 0.25) is 0 Å². The lowest BCUT2D eigenvalue weighted by Gasteiger charge is -2.16. The lowest BCUT2D eigenvalue weighted by Crippen LogP contribution is -2.33. The first-order valence-corrected chi connectivity index (χ1v) is 7.05. The van der Waals surface area contributed by atoms with Gasteiger partial charge in [0.15, 0.2) is 0 Å². The van der Waals surface area contributed by atoms with Crippen molar-refractivity contribution in [3.05, 3.63) is 29.3 Å². The van der Waals surface area contributed by atoms with Crippen LogP contribution in [-0.4, -0.2) is 30.1 Å². The van der Waals surface area contributed by atoms with Crippen molar-refractivity contribution in [2.75, 3.05) is 18.8 Å². The number of hydrogen-bond donors (Lipinski definition) is 2. The summed E-state index contributed by atoms with van der Waals surface area (Å²) in [7, 11) is 0. The Morgan fingerprint density at radius 3 is 2.94 bits per heavy atom. The van der Waals surface area contributed by atoms with E-state index in [1.807, 2.05) is 6.07 Å². The summed E-state index contributed by atoms with van der Waals surface area (Å²) in [4.78, 5) is 2.64. The van der Waals surface area contributed by atoms with E-state index >= 15 is 0 Å². The molecule has 0 amide bonds. The molecule has 0 radical (unpaired) electrons. The predicted molar refractivity (Wildman–Crippen MR) is 75.4 cm³/mol. The van der Waals surface area contributed by atoms with Gasteiger partial charge in [-0.25, -0.2) is 0 Å². The fraction of sp³-hybridized carbons (Fsp3) is 0.600. The lowest BCUT2D eigenvalue weighted by atomic mass is 10.1. The van der Waals surface area contributed by atoms with Crippen molar-refractivity contribution in [2.24, 2.45) is 0 Å². The van der Waals surface area contributed by atoms with Gasteiger partial charge in [0, 0.05) is 37.4 Å². The molecule has 0 spiro atoms. The Labute approximate surface area is 109 Å². The van der Waals surface area contributed by atoms with E-state index in [0.717, 1.165) is 18.3 Å². The summed E-state index contributed by atoms with van der Waals surface area (Å²) in [6.07, 6.45) is 4.11. The number of nitrogen functional groups attached to an aromatic ring is 1. The van der Waals surface area contributed by atoms with Gasteiger partial charge in [-0.2, -0.15) is 0 Å². The van der Waals surface area contributed by atoms with Gasteiger partial charge in [0.1, 0.15) is 0 Å². The van der Waals surface area contributed by atoms with Crippen molar-refractivity contribution in [3.63, 3.8) is 0 Å². The molecule has 98 valence electrons. The quantitative estimate of drug-likeness (QED) is 0.796. The summed E-state index contributed by atoms with van der Waals surface area (Å²) < 4.78 is 0. The molecule has 3 rings (SSSR count). The highest BCUT2D eigenvalue weighted by Gasteiger charge is 2.34. The van der Waals surface area contributed by atoms with Gasteiger partial charge in [-0.05, 0) is 37.8 Å². The summed E-state index contributed by atoms with van der Waals surface area (Å²) >= 11 is 0. The second-order valence-electron chi connectivity index (χ2n) is 5.79. The van der Waals surface area contributed by atoms with Gasteiger partial charge in [-0.3, -0.25) is 4.90 Å². The Bertz CT molecular complexity index is 426. The van der Waals surface area contributed by atoms with Crippen molar-refractivity contribution in [1.29, 1.82) is 0 Å². The molecule has 3 heteroatoms. The zero-order valence-corrected chi connectivity index (χ0v) is 11.2. The molecule has 1 unspecified atom stereocenters. The maximum atomic E-state index is 6.01. The second kappa shape index (κ2) is 4.90. The molecule has 1 aliphatic carbocycles. The minimum atomic E-state index is 0.644. The topological polar surface area (TPSA) is 41.3 Å². The molecule has 1 aliphatic heterocycles. The summed E-state index contributed by atoms with van der Waals surface area (Å²) in [5.41, 5.74) is 9.44. The first-order valence-electron chi connectivity index (χ1n) is 7.05. The van der Waals surface area contributed by atoms with Gasteiger partial charge in [0.05, 0.1) is 0 Å². The molecule has 3 N–H and O–H groups in total. The molecule has 0 aromatic heterocycles. The molecule has 3 nitrogen and oxygen atoms in total. The fourth-order valence-corrected chi connectivity index (χ4v) is 2.87. The third-order valence-corrected chi connectivity index (χ3v) is 4.16. The zero-order valence-electron chi connectivity index (χ0n) is 11.2. The zero-order chi connectivity index (χ0) is 12.5. The van der Waals surface area contributed by atoms with Crippen molar-refractivity contribution in [1.82, 2.24) is 10.2 Å².